The van der Waals surface area contributed by atoms with Gasteiger partial charge in [0.05, 0.1) is 36.8 Å². The van der Waals surface area contributed by atoms with Crippen molar-refractivity contribution < 1.29 is 13.2 Å². The van der Waals surface area contributed by atoms with Gasteiger partial charge in [0.1, 0.15) is 5.75 Å². The second-order valence-electron chi connectivity index (χ2n) is 9.40. The molecular formula is C28H28ClN5O3S2. The molecule has 1 fully saturated rings. The Morgan fingerprint density at radius 2 is 1.85 bits per heavy atom. The Morgan fingerprint density at radius 3 is 2.51 bits per heavy atom. The number of benzene rings is 2. The molecule has 4 aromatic rings. The fourth-order valence-corrected chi connectivity index (χ4v) is 6.26. The first-order chi connectivity index (χ1) is 18.6. The van der Waals surface area contributed by atoms with Gasteiger partial charge in [0, 0.05) is 34.0 Å². The van der Waals surface area contributed by atoms with E-state index in [0.717, 1.165) is 34.6 Å². The van der Waals surface area contributed by atoms with Crippen molar-refractivity contribution in [1.29, 1.82) is 0 Å². The zero-order valence-corrected chi connectivity index (χ0v) is 24.2. The highest BCUT2D eigenvalue weighted by atomic mass is 35.5. The van der Waals surface area contributed by atoms with Crippen molar-refractivity contribution >= 4 is 50.3 Å². The summed E-state index contributed by atoms with van der Waals surface area (Å²) in [5.41, 5.74) is 5.94. The van der Waals surface area contributed by atoms with E-state index in [-0.39, 0.29) is 12.1 Å². The standard InChI is InChI=1S/C28H28ClN5O3S2/c1-17-14-22(18(2)33(17)20-9-7-8-19(29)15-20)27-26(23-10-5-6-13-30-23)31-28(38)34(27)21-11-12-25(37-3)24(16-21)32-39(4,35)36/h5-16,26-27,32H,1-4H3,(H,31,38)/t26-,27+/m1/s1. The summed E-state index contributed by atoms with van der Waals surface area (Å²) in [5.74, 6) is 0.402. The van der Waals surface area contributed by atoms with E-state index in [9.17, 15) is 8.42 Å². The second-order valence-corrected chi connectivity index (χ2v) is 12.0. The normalized spacial score (nSPS) is 17.3. The Bertz CT molecular complexity index is 1660. The molecule has 5 rings (SSSR count). The minimum atomic E-state index is -3.55. The average Bonchev–Trinajstić information content (AvgIpc) is 3.38. The van der Waals surface area contributed by atoms with Gasteiger partial charge < -0.3 is 19.5 Å². The van der Waals surface area contributed by atoms with Gasteiger partial charge in [-0.25, -0.2) is 8.42 Å². The lowest BCUT2D eigenvalue weighted by Crippen LogP contribution is -2.29. The third-order valence-corrected chi connectivity index (χ3v) is 7.85. The van der Waals surface area contributed by atoms with Crippen LogP contribution in [0.3, 0.4) is 0 Å². The van der Waals surface area contributed by atoms with Crippen LogP contribution in [-0.4, -0.2) is 36.4 Å². The van der Waals surface area contributed by atoms with E-state index >= 15 is 0 Å². The smallest absolute Gasteiger partial charge is 0.229 e. The van der Waals surface area contributed by atoms with E-state index in [2.05, 4.69) is 39.5 Å². The van der Waals surface area contributed by atoms with Crippen molar-refractivity contribution in [3.63, 3.8) is 0 Å². The molecular weight excluding hydrogens is 554 g/mol. The van der Waals surface area contributed by atoms with E-state index < -0.39 is 10.0 Å². The van der Waals surface area contributed by atoms with E-state index in [4.69, 9.17) is 28.6 Å². The number of halogens is 1. The van der Waals surface area contributed by atoms with Crippen molar-refractivity contribution in [2.24, 2.45) is 0 Å². The molecule has 2 atom stereocenters. The highest BCUT2D eigenvalue weighted by Gasteiger charge is 2.42. The number of aryl methyl sites for hydroxylation is 1. The Morgan fingerprint density at radius 1 is 1.05 bits per heavy atom. The van der Waals surface area contributed by atoms with Crippen molar-refractivity contribution in [1.82, 2.24) is 14.9 Å². The number of nitrogens with zero attached hydrogens (tertiary/aromatic N) is 3. The number of methoxy groups -OCH3 is 1. The molecule has 1 saturated heterocycles. The zero-order valence-electron chi connectivity index (χ0n) is 21.8. The van der Waals surface area contributed by atoms with Crippen LogP contribution in [0.4, 0.5) is 11.4 Å². The van der Waals surface area contributed by atoms with Crippen LogP contribution in [0.25, 0.3) is 5.69 Å². The number of hydrogen-bond acceptors (Lipinski definition) is 5. The van der Waals surface area contributed by atoms with Crippen LogP contribution in [0, 0.1) is 13.8 Å². The molecule has 2 N–H and O–H groups in total. The second kappa shape index (κ2) is 10.5. The maximum Gasteiger partial charge on any atom is 0.229 e. The summed E-state index contributed by atoms with van der Waals surface area (Å²) < 4.78 is 34.3. The fraction of sp³-hybridized carbons (Fsp3) is 0.214. The van der Waals surface area contributed by atoms with Crippen LogP contribution < -0.4 is 19.7 Å². The highest BCUT2D eigenvalue weighted by Crippen LogP contribution is 2.45. The molecule has 0 bridgehead atoms. The molecule has 8 nitrogen and oxygen atoms in total. The van der Waals surface area contributed by atoms with Gasteiger partial charge in [0.15, 0.2) is 5.11 Å². The van der Waals surface area contributed by atoms with Gasteiger partial charge in [-0.1, -0.05) is 23.7 Å². The summed E-state index contributed by atoms with van der Waals surface area (Å²) in [6.07, 6.45) is 2.86. The molecule has 202 valence electrons. The minimum absolute atomic E-state index is 0.263. The Balaban J connectivity index is 1.69. The highest BCUT2D eigenvalue weighted by molar-refractivity contribution is 7.92. The minimum Gasteiger partial charge on any atom is -0.495 e. The molecule has 0 radical (unpaired) electrons. The lowest BCUT2D eigenvalue weighted by Gasteiger charge is -2.29. The summed E-state index contributed by atoms with van der Waals surface area (Å²) in [6.45, 7) is 4.13. The number of anilines is 2. The zero-order chi connectivity index (χ0) is 27.9. The number of rotatable bonds is 7. The average molecular weight is 582 g/mol. The van der Waals surface area contributed by atoms with E-state index in [1.54, 1.807) is 18.3 Å². The van der Waals surface area contributed by atoms with E-state index in [1.165, 1.54) is 7.11 Å². The van der Waals surface area contributed by atoms with Crippen LogP contribution in [0.15, 0.2) is 72.9 Å². The van der Waals surface area contributed by atoms with Crippen LogP contribution in [0.2, 0.25) is 5.02 Å². The van der Waals surface area contributed by atoms with Crippen molar-refractivity contribution in [3.8, 4) is 11.4 Å². The number of pyridine rings is 1. The van der Waals surface area contributed by atoms with Gasteiger partial charge >= 0.3 is 0 Å². The van der Waals surface area contributed by atoms with Crippen LogP contribution in [-0.2, 0) is 10.0 Å². The maximum atomic E-state index is 12.1. The molecule has 2 aromatic carbocycles. The predicted octanol–water partition coefficient (Wildman–Crippen LogP) is 5.70. The van der Waals surface area contributed by atoms with Crippen molar-refractivity contribution in [2.75, 3.05) is 23.0 Å². The van der Waals surface area contributed by atoms with Crippen LogP contribution >= 0.6 is 23.8 Å². The summed E-state index contributed by atoms with van der Waals surface area (Å²) >= 11 is 12.2. The number of ether oxygens (including phenoxy) is 1. The summed E-state index contributed by atoms with van der Waals surface area (Å²) in [5, 5.41) is 4.62. The number of nitrogens with one attached hydrogen (secondary N) is 2. The predicted molar refractivity (Wildman–Crippen MR) is 160 cm³/mol. The molecule has 0 aliphatic carbocycles. The topological polar surface area (TPSA) is 88.5 Å². The lowest BCUT2D eigenvalue weighted by atomic mass is 9.96. The van der Waals surface area contributed by atoms with Gasteiger partial charge in [-0.15, -0.1) is 0 Å². The van der Waals surface area contributed by atoms with E-state index in [0.29, 0.717) is 27.3 Å². The van der Waals surface area contributed by atoms with Gasteiger partial charge in [-0.3, -0.25) is 9.71 Å². The molecule has 2 aromatic heterocycles. The number of hydrogen-bond donors (Lipinski definition) is 2. The third-order valence-electron chi connectivity index (χ3n) is 6.71. The quantitative estimate of drug-likeness (QED) is 0.271. The summed E-state index contributed by atoms with van der Waals surface area (Å²) in [4.78, 5) is 6.64. The maximum absolute atomic E-state index is 12.1. The molecule has 11 heteroatoms. The first-order valence-corrected chi connectivity index (χ1v) is 14.9. The molecule has 0 spiro atoms. The van der Waals surface area contributed by atoms with Crippen LogP contribution in [0.1, 0.15) is 34.7 Å². The Labute approximate surface area is 238 Å². The number of thiocarbonyl (C=S) groups is 1. The molecule has 0 unspecified atom stereocenters. The van der Waals surface area contributed by atoms with Gasteiger partial charge in [-0.05, 0) is 86.2 Å². The largest absolute Gasteiger partial charge is 0.495 e. The van der Waals surface area contributed by atoms with Crippen LogP contribution in [0.5, 0.6) is 5.75 Å². The van der Waals surface area contributed by atoms with Gasteiger partial charge in [0.25, 0.3) is 0 Å². The van der Waals surface area contributed by atoms with Crippen molar-refractivity contribution in [2.45, 2.75) is 25.9 Å². The fourth-order valence-electron chi connectivity index (χ4n) is 5.17. The first kappa shape index (κ1) is 27.0. The molecule has 3 heterocycles. The van der Waals surface area contributed by atoms with Crippen molar-refractivity contribution in [3.05, 3.63) is 101 Å². The van der Waals surface area contributed by atoms with E-state index in [1.807, 2.05) is 53.4 Å². The number of aromatic nitrogens is 2. The van der Waals surface area contributed by atoms with Gasteiger partial charge in [-0.2, -0.15) is 0 Å². The summed E-state index contributed by atoms with van der Waals surface area (Å²) in [6, 6.07) is 20.5. The molecule has 1 aliphatic rings. The SMILES string of the molecule is COc1ccc(N2C(=S)N[C@H](c3ccccn3)[C@@H]2c2cc(C)n(-c3cccc(Cl)c3)c2C)cc1NS(C)(=O)=O. The number of sulfonamides is 1. The lowest BCUT2D eigenvalue weighted by molar-refractivity contribution is 0.417. The molecule has 0 amide bonds. The Hall–Kier alpha value is -3.60. The first-order valence-electron chi connectivity index (χ1n) is 12.2. The monoisotopic (exact) mass is 581 g/mol. The molecule has 0 saturated carbocycles. The summed E-state index contributed by atoms with van der Waals surface area (Å²) in [7, 11) is -2.05. The van der Waals surface area contributed by atoms with Gasteiger partial charge in [0.2, 0.25) is 10.0 Å². The Kier molecular flexibility index (Phi) is 7.28. The molecule has 1 aliphatic heterocycles. The third kappa shape index (κ3) is 5.32. The molecule has 39 heavy (non-hydrogen) atoms.